The Morgan fingerprint density at radius 2 is 0.880 bits per heavy atom. The predicted octanol–water partition coefficient (Wildman–Crippen LogP) is 11.1. The molecule has 3 aromatic heterocycles. The van der Waals surface area contributed by atoms with Crippen molar-refractivity contribution in [3.8, 4) is 45.5 Å². The number of rotatable bonds is 5. The zero-order valence-electron chi connectivity index (χ0n) is 31.6. The van der Waals surface area contributed by atoms with Crippen LogP contribution in [-0.4, -0.2) is 24.1 Å². The standard InChI is InChI=1S/C45H29N5/c1-4-14-30(15-5-1)31-24-26-33(27-25-31)44-46-43(32-16-6-2-7-17-32)47-45(48-44)50-40-23-13-11-21-36(40)38-29-28-37-35-20-10-12-22-39(35)49(41(37)42(38)50)34-18-8-3-9-19-34/h1-29H/i2D,6D,7D,16D,17D. The number of nitrogens with zero attached hydrogens (tertiary/aromatic N) is 5. The fourth-order valence-corrected chi connectivity index (χ4v) is 7.06. The summed E-state index contributed by atoms with van der Waals surface area (Å²) in [6, 6.07) is 46.7. The quantitative estimate of drug-likeness (QED) is 0.187. The maximum absolute atomic E-state index is 8.89. The van der Waals surface area contributed by atoms with Crippen LogP contribution >= 0.6 is 0 Å². The van der Waals surface area contributed by atoms with Crippen molar-refractivity contribution in [3.63, 3.8) is 0 Å². The van der Waals surface area contributed by atoms with Crippen molar-refractivity contribution in [2.45, 2.75) is 0 Å². The molecule has 3 heterocycles. The van der Waals surface area contributed by atoms with Gasteiger partial charge in [0.25, 0.3) is 0 Å². The third-order valence-corrected chi connectivity index (χ3v) is 9.28. The van der Waals surface area contributed by atoms with Crippen molar-refractivity contribution in [1.82, 2.24) is 24.1 Å². The molecule has 0 aliphatic carbocycles. The normalized spacial score (nSPS) is 13.0. The molecule has 0 aliphatic rings. The van der Waals surface area contributed by atoms with Crippen molar-refractivity contribution in [1.29, 1.82) is 0 Å². The lowest BCUT2D eigenvalue weighted by Gasteiger charge is -2.13. The van der Waals surface area contributed by atoms with Gasteiger partial charge in [0.05, 0.1) is 28.9 Å². The molecule has 234 valence electrons. The lowest BCUT2D eigenvalue weighted by atomic mass is 10.0. The first-order valence-electron chi connectivity index (χ1n) is 18.9. The highest BCUT2D eigenvalue weighted by Crippen LogP contribution is 2.41. The van der Waals surface area contributed by atoms with E-state index in [9.17, 15) is 0 Å². The lowest BCUT2D eigenvalue weighted by Crippen LogP contribution is -2.07. The summed E-state index contributed by atoms with van der Waals surface area (Å²) in [4.78, 5) is 15.0. The number of hydrogen-bond acceptors (Lipinski definition) is 3. The monoisotopic (exact) mass is 644 g/mol. The van der Waals surface area contributed by atoms with Gasteiger partial charge in [-0.25, -0.2) is 4.98 Å². The molecule has 0 atom stereocenters. The number of aromatic nitrogens is 5. The van der Waals surface area contributed by atoms with Gasteiger partial charge in [0.1, 0.15) is 0 Å². The van der Waals surface area contributed by atoms with Gasteiger partial charge in [0.15, 0.2) is 11.6 Å². The van der Waals surface area contributed by atoms with Gasteiger partial charge in [0.2, 0.25) is 5.95 Å². The molecule has 0 saturated heterocycles. The molecular formula is C45H29N5. The second-order valence-electron chi connectivity index (χ2n) is 12.1. The first kappa shape index (κ1) is 23.5. The van der Waals surface area contributed by atoms with E-state index in [1.54, 1.807) is 0 Å². The highest BCUT2D eigenvalue weighted by atomic mass is 15.2. The largest absolute Gasteiger partial charge is 0.307 e. The van der Waals surface area contributed by atoms with Crippen LogP contribution in [0.2, 0.25) is 0 Å². The zero-order chi connectivity index (χ0) is 37.4. The summed E-state index contributed by atoms with van der Waals surface area (Å²) >= 11 is 0. The van der Waals surface area contributed by atoms with Gasteiger partial charge in [-0.3, -0.25) is 4.57 Å². The summed E-state index contributed by atoms with van der Waals surface area (Å²) in [7, 11) is 0. The fraction of sp³-hybridized carbons (Fsp3) is 0. The second kappa shape index (κ2) is 11.4. The SMILES string of the molecule is [2H]c1c([2H])c([2H])c(-c2nc(-c3ccc(-c4ccccc4)cc3)nc(-n3c4ccccc4c4ccc5c6ccccc6n(-c6ccccc6)c5c43)n2)c([2H])c1[2H]. The smallest absolute Gasteiger partial charge is 0.238 e. The van der Waals surface area contributed by atoms with Crippen LogP contribution in [0, 0.1) is 0 Å². The molecule has 50 heavy (non-hydrogen) atoms. The Hall–Kier alpha value is -6.85. The Labute approximate surface area is 295 Å². The van der Waals surface area contributed by atoms with Crippen LogP contribution in [0.4, 0.5) is 0 Å². The van der Waals surface area contributed by atoms with E-state index in [1.165, 1.54) is 0 Å². The molecule has 0 radical (unpaired) electrons. The van der Waals surface area contributed by atoms with E-state index >= 15 is 0 Å². The van der Waals surface area contributed by atoms with E-state index in [1.807, 2.05) is 108 Å². The molecule has 0 bridgehead atoms. The molecule has 0 aliphatic heterocycles. The lowest BCUT2D eigenvalue weighted by molar-refractivity contribution is 0.953. The van der Waals surface area contributed by atoms with E-state index < -0.39 is 18.1 Å². The predicted molar refractivity (Wildman–Crippen MR) is 205 cm³/mol. The van der Waals surface area contributed by atoms with Crippen LogP contribution < -0.4 is 0 Å². The average molecular weight is 645 g/mol. The summed E-state index contributed by atoms with van der Waals surface area (Å²) in [5.74, 6) is 0.529. The summed E-state index contributed by atoms with van der Waals surface area (Å²) in [5, 5.41) is 4.12. The van der Waals surface area contributed by atoms with Crippen LogP contribution in [0.15, 0.2) is 176 Å². The third kappa shape index (κ3) is 4.45. The van der Waals surface area contributed by atoms with E-state index in [0.717, 1.165) is 60.4 Å². The van der Waals surface area contributed by atoms with Gasteiger partial charge < -0.3 is 4.57 Å². The average Bonchev–Trinajstić information content (AvgIpc) is 3.76. The first-order valence-corrected chi connectivity index (χ1v) is 16.4. The number of hydrogen-bond donors (Lipinski definition) is 0. The van der Waals surface area contributed by atoms with Gasteiger partial charge in [-0.2, -0.15) is 9.97 Å². The molecule has 5 heteroatoms. The molecule has 5 nitrogen and oxygen atoms in total. The Morgan fingerprint density at radius 1 is 0.380 bits per heavy atom. The fourth-order valence-electron chi connectivity index (χ4n) is 7.06. The van der Waals surface area contributed by atoms with Crippen LogP contribution in [0.5, 0.6) is 0 Å². The van der Waals surface area contributed by atoms with Crippen molar-refractivity contribution >= 4 is 43.6 Å². The summed E-state index contributed by atoms with van der Waals surface area (Å²) in [6.07, 6.45) is 0. The highest BCUT2D eigenvalue weighted by molar-refractivity contribution is 6.23. The van der Waals surface area contributed by atoms with Gasteiger partial charge in [0, 0.05) is 38.4 Å². The van der Waals surface area contributed by atoms with Crippen molar-refractivity contribution < 1.29 is 6.85 Å². The van der Waals surface area contributed by atoms with Crippen molar-refractivity contribution in [3.05, 3.63) is 176 Å². The Morgan fingerprint density at radius 3 is 1.54 bits per heavy atom. The minimum Gasteiger partial charge on any atom is -0.307 e. The number of para-hydroxylation sites is 3. The van der Waals surface area contributed by atoms with Crippen LogP contribution in [0.25, 0.3) is 89.2 Å². The molecule has 10 rings (SSSR count). The Balaban J connectivity index is 1.33. The van der Waals surface area contributed by atoms with Crippen LogP contribution in [-0.2, 0) is 0 Å². The highest BCUT2D eigenvalue weighted by Gasteiger charge is 2.23. The number of fused-ring (bicyclic) bond motifs is 7. The zero-order valence-corrected chi connectivity index (χ0v) is 26.6. The second-order valence-corrected chi connectivity index (χ2v) is 12.1. The summed E-state index contributed by atoms with van der Waals surface area (Å²) in [5.41, 5.74) is 7.37. The van der Waals surface area contributed by atoms with E-state index in [2.05, 4.69) is 47.0 Å². The minimum atomic E-state index is -0.483. The van der Waals surface area contributed by atoms with E-state index in [-0.39, 0.29) is 29.4 Å². The molecule has 0 fully saturated rings. The van der Waals surface area contributed by atoms with Crippen LogP contribution in [0.1, 0.15) is 6.85 Å². The van der Waals surface area contributed by atoms with Gasteiger partial charge in [-0.1, -0.05) is 152 Å². The van der Waals surface area contributed by atoms with E-state index in [4.69, 9.17) is 21.8 Å². The topological polar surface area (TPSA) is 48.5 Å². The Kier molecular flexibility index (Phi) is 5.35. The summed E-state index contributed by atoms with van der Waals surface area (Å²) < 4.78 is 47.3. The molecular weight excluding hydrogens is 611 g/mol. The molecule has 0 amide bonds. The van der Waals surface area contributed by atoms with Crippen molar-refractivity contribution in [2.24, 2.45) is 0 Å². The molecule has 0 saturated carbocycles. The summed E-state index contributed by atoms with van der Waals surface area (Å²) in [6.45, 7) is 0. The first-order chi connectivity index (χ1) is 26.9. The molecule has 7 aromatic carbocycles. The van der Waals surface area contributed by atoms with Gasteiger partial charge in [-0.15, -0.1) is 0 Å². The van der Waals surface area contributed by atoms with Crippen molar-refractivity contribution in [2.75, 3.05) is 0 Å². The maximum atomic E-state index is 8.89. The van der Waals surface area contributed by atoms with Gasteiger partial charge >= 0.3 is 0 Å². The molecule has 0 N–H and O–H groups in total. The minimum absolute atomic E-state index is 0.0224. The Bertz CT molecular complexity index is 3110. The maximum Gasteiger partial charge on any atom is 0.238 e. The molecule has 0 unspecified atom stereocenters. The number of benzene rings is 7. The van der Waals surface area contributed by atoms with Gasteiger partial charge in [-0.05, 0) is 35.4 Å². The molecule has 0 spiro atoms. The van der Waals surface area contributed by atoms with Crippen LogP contribution in [0.3, 0.4) is 0 Å². The molecule has 10 aromatic rings. The third-order valence-electron chi connectivity index (χ3n) is 9.28. The van der Waals surface area contributed by atoms with E-state index in [0.29, 0.717) is 11.4 Å².